The van der Waals surface area contributed by atoms with Crippen LogP contribution in [0.15, 0.2) is 58.3 Å². The van der Waals surface area contributed by atoms with Crippen LogP contribution in [0.3, 0.4) is 0 Å². The highest BCUT2D eigenvalue weighted by atomic mass is 32.1. The Morgan fingerprint density at radius 2 is 2.00 bits per heavy atom. The second-order valence-corrected chi connectivity index (χ2v) is 9.58. The zero-order chi connectivity index (χ0) is 22.4. The molecule has 5 rings (SSSR count). The van der Waals surface area contributed by atoms with E-state index in [2.05, 4.69) is 11.4 Å². The van der Waals surface area contributed by atoms with Crippen molar-refractivity contribution in [3.05, 3.63) is 68.7 Å². The Morgan fingerprint density at radius 3 is 2.75 bits per heavy atom. The van der Waals surface area contributed by atoms with Crippen molar-refractivity contribution in [2.45, 2.75) is 51.6 Å². The van der Waals surface area contributed by atoms with Crippen LogP contribution < -0.4 is 14.8 Å². The minimum atomic E-state index is -0.510. The number of thiophene rings is 1. The first-order chi connectivity index (χ1) is 15.4. The molecule has 6 nitrogen and oxygen atoms in total. The zero-order valence-corrected chi connectivity index (χ0v) is 19.1. The van der Waals surface area contributed by atoms with Crippen LogP contribution in [0.2, 0.25) is 0 Å². The van der Waals surface area contributed by atoms with E-state index >= 15 is 0 Å². The van der Waals surface area contributed by atoms with Crippen molar-refractivity contribution in [2.75, 3.05) is 6.79 Å². The molecule has 2 aliphatic heterocycles. The summed E-state index contributed by atoms with van der Waals surface area (Å²) in [5.74, 6) is 0.565. The maximum atomic E-state index is 13.5. The summed E-state index contributed by atoms with van der Waals surface area (Å²) in [7, 11) is 0. The van der Waals surface area contributed by atoms with Crippen molar-refractivity contribution in [3.8, 4) is 11.5 Å². The molecule has 1 aromatic carbocycles. The molecule has 0 amide bonds. The lowest BCUT2D eigenvalue weighted by atomic mass is 9.72. The topological polar surface area (TPSA) is 73.9 Å². The molecule has 1 N–H and O–H groups in total. The van der Waals surface area contributed by atoms with Gasteiger partial charge < -0.3 is 19.5 Å². The summed E-state index contributed by atoms with van der Waals surface area (Å²) in [4.78, 5) is 27.9. The first-order valence-electron chi connectivity index (χ1n) is 10.8. The lowest BCUT2D eigenvalue weighted by Gasteiger charge is -2.36. The maximum Gasteiger partial charge on any atom is 0.337 e. The Balaban J connectivity index is 1.61. The zero-order valence-electron chi connectivity index (χ0n) is 18.3. The number of ether oxygens (including phenoxy) is 3. The molecular weight excluding hydrogens is 426 g/mol. The van der Waals surface area contributed by atoms with Gasteiger partial charge in [0.05, 0.1) is 11.7 Å². The average molecular weight is 452 g/mol. The van der Waals surface area contributed by atoms with Gasteiger partial charge in [-0.3, -0.25) is 4.79 Å². The van der Waals surface area contributed by atoms with Crippen LogP contribution in [0.4, 0.5) is 0 Å². The minimum absolute atomic E-state index is 0.0576. The molecule has 2 aromatic rings. The van der Waals surface area contributed by atoms with Crippen molar-refractivity contribution in [3.63, 3.8) is 0 Å². The van der Waals surface area contributed by atoms with Crippen molar-refractivity contribution in [1.29, 1.82) is 0 Å². The lowest BCUT2D eigenvalue weighted by Crippen LogP contribution is -2.36. The van der Waals surface area contributed by atoms with Crippen molar-refractivity contribution >= 4 is 23.1 Å². The van der Waals surface area contributed by atoms with Gasteiger partial charge >= 0.3 is 5.97 Å². The standard InChI is InChI=1S/C25H25NO5S/c1-13(2)31-25(28)22-14(3)26-17-9-16(21-5-4-8-32-21)10-18(27)24(17)23(22)15-6-7-19-20(11-15)30-12-29-19/h4-8,11,13,16,23,26H,9-10,12H2,1-3H3/t16-,23+/m1/s1. The van der Waals surface area contributed by atoms with E-state index in [-0.39, 0.29) is 24.6 Å². The average Bonchev–Trinajstić information content (AvgIpc) is 3.43. The largest absolute Gasteiger partial charge is 0.460 e. The molecule has 2 atom stereocenters. The molecule has 7 heteroatoms. The van der Waals surface area contributed by atoms with E-state index in [4.69, 9.17) is 14.2 Å². The Labute approximate surface area is 190 Å². The first-order valence-corrected chi connectivity index (χ1v) is 11.7. The van der Waals surface area contributed by atoms with Crippen molar-refractivity contribution in [1.82, 2.24) is 5.32 Å². The van der Waals surface area contributed by atoms with E-state index in [1.807, 2.05) is 50.4 Å². The van der Waals surface area contributed by atoms with Crippen LogP contribution in [-0.2, 0) is 14.3 Å². The second kappa shape index (κ2) is 8.13. The summed E-state index contributed by atoms with van der Waals surface area (Å²) < 4.78 is 16.6. The molecule has 0 unspecified atom stereocenters. The van der Waals surface area contributed by atoms with Gasteiger partial charge in [0.15, 0.2) is 17.3 Å². The van der Waals surface area contributed by atoms with E-state index in [0.717, 1.165) is 23.4 Å². The van der Waals surface area contributed by atoms with E-state index < -0.39 is 11.9 Å². The Morgan fingerprint density at radius 1 is 1.19 bits per heavy atom. The smallest absolute Gasteiger partial charge is 0.337 e. The number of Topliss-reactive ketones (excluding diaryl/α,β-unsaturated/α-hetero) is 1. The summed E-state index contributed by atoms with van der Waals surface area (Å²) in [5.41, 5.74) is 3.55. The second-order valence-electron chi connectivity index (χ2n) is 8.60. The summed E-state index contributed by atoms with van der Waals surface area (Å²) in [6.07, 6.45) is 0.890. The summed E-state index contributed by atoms with van der Waals surface area (Å²) in [5, 5.41) is 5.42. The number of esters is 1. The molecule has 3 aliphatic rings. The lowest BCUT2D eigenvalue weighted by molar-refractivity contribution is -0.143. The van der Waals surface area contributed by atoms with Gasteiger partial charge in [-0.25, -0.2) is 4.79 Å². The van der Waals surface area contributed by atoms with Crippen LogP contribution in [-0.4, -0.2) is 24.6 Å². The van der Waals surface area contributed by atoms with Crippen LogP contribution in [0, 0.1) is 0 Å². The molecule has 0 fully saturated rings. The van der Waals surface area contributed by atoms with Crippen molar-refractivity contribution in [2.24, 2.45) is 0 Å². The Kier molecular flexibility index (Phi) is 5.29. The van der Waals surface area contributed by atoms with Gasteiger partial charge in [-0.05, 0) is 56.3 Å². The number of rotatable bonds is 4. The molecule has 0 spiro atoms. The highest BCUT2D eigenvalue weighted by Crippen LogP contribution is 2.47. The van der Waals surface area contributed by atoms with Gasteiger partial charge in [0, 0.05) is 40.1 Å². The number of allylic oxidation sites excluding steroid dienone is 3. The predicted octanol–water partition coefficient (Wildman–Crippen LogP) is 4.79. The molecule has 0 radical (unpaired) electrons. The molecule has 1 aliphatic carbocycles. The fraction of sp³-hybridized carbons (Fsp3) is 0.360. The fourth-order valence-corrected chi connectivity index (χ4v) is 5.57. The van der Waals surface area contributed by atoms with Gasteiger partial charge in [-0.1, -0.05) is 12.1 Å². The normalized spacial score (nSPS) is 22.2. The molecule has 166 valence electrons. The van der Waals surface area contributed by atoms with Crippen LogP contribution in [0.5, 0.6) is 11.5 Å². The number of hydrogen-bond donors (Lipinski definition) is 1. The fourth-order valence-electron chi connectivity index (χ4n) is 4.74. The number of carbonyl (C=O) groups excluding carboxylic acids is 2. The van der Waals surface area contributed by atoms with E-state index in [0.29, 0.717) is 29.1 Å². The van der Waals surface area contributed by atoms with Gasteiger partial charge in [0.25, 0.3) is 0 Å². The highest BCUT2D eigenvalue weighted by molar-refractivity contribution is 7.10. The maximum absolute atomic E-state index is 13.5. The van der Waals surface area contributed by atoms with Gasteiger partial charge in [-0.15, -0.1) is 11.3 Å². The third-order valence-electron chi connectivity index (χ3n) is 6.07. The molecular formula is C25H25NO5S. The molecule has 32 heavy (non-hydrogen) atoms. The number of hydrogen-bond acceptors (Lipinski definition) is 7. The van der Waals surface area contributed by atoms with Crippen molar-refractivity contribution < 1.29 is 23.8 Å². The highest BCUT2D eigenvalue weighted by Gasteiger charge is 2.42. The van der Waals surface area contributed by atoms with Crippen LogP contribution >= 0.6 is 11.3 Å². The molecule has 0 saturated heterocycles. The number of fused-ring (bicyclic) bond motifs is 1. The quantitative estimate of drug-likeness (QED) is 0.674. The van der Waals surface area contributed by atoms with E-state index in [1.54, 1.807) is 11.3 Å². The SMILES string of the molecule is CC1=C(C(=O)OC(C)C)[C@H](c2ccc3c(c2)OCO3)C2=C(C[C@@H](c3cccs3)CC2=O)N1. The summed E-state index contributed by atoms with van der Waals surface area (Å²) in [6, 6.07) is 9.71. The third-order valence-corrected chi connectivity index (χ3v) is 7.10. The Hall–Kier alpha value is -3.06. The van der Waals surface area contributed by atoms with E-state index in [1.165, 1.54) is 4.88 Å². The number of carbonyl (C=O) groups is 2. The van der Waals surface area contributed by atoms with Crippen LogP contribution in [0.25, 0.3) is 0 Å². The monoisotopic (exact) mass is 451 g/mol. The number of dihydropyridines is 1. The van der Waals surface area contributed by atoms with Crippen LogP contribution in [0.1, 0.15) is 55.9 Å². The van der Waals surface area contributed by atoms with Gasteiger partial charge in [0.1, 0.15) is 0 Å². The molecule has 0 bridgehead atoms. The number of ketones is 1. The molecule has 0 saturated carbocycles. The van der Waals surface area contributed by atoms with E-state index in [9.17, 15) is 9.59 Å². The first kappa shape index (κ1) is 20.8. The summed E-state index contributed by atoms with van der Waals surface area (Å²) >= 11 is 1.68. The molecule has 3 heterocycles. The summed E-state index contributed by atoms with van der Waals surface area (Å²) in [6.45, 7) is 5.68. The van der Waals surface area contributed by atoms with Gasteiger partial charge in [-0.2, -0.15) is 0 Å². The minimum Gasteiger partial charge on any atom is -0.460 e. The predicted molar refractivity (Wildman–Crippen MR) is 121 cm³/mol. The number of benzene rings is 1. The Bertz CT molecular complexity index is 1150. The third kappa shape index (κ3) is 3.60. The number of nitrogens with one attached hydrogen (secondary N) is 1. The molecule has 1 aromatic heterocycles. The van der Waals surface area contributed by atoms with Gasteiger partial charge in [0.2, 0.25) is 6.79 Å².